The van der Waals surface area contributed by atoms with Gasteiger partial charge in [0.15, 0.2) is 0 Å². The van der Waals surface area contributed by atoms with Gasteiger partial charge in [0.25, 0.3) is 0 Å². The van der Waals surface area contributed by atoms with E-state index in [4.69, 9.17) is 22.9 Å². The summed E-state index contributed by atoms with van der Waals surface area (Å²) in [5.41, 5.74) is 24.0. The molecule has 0 bridgehead atoms. The summed E-state index contributed by atoms with van der Waals surface area (Å²) in [5.74, 6) is -1.38. The van der Waals surface area contributed by atoms with Crippen LogP contribution in [-0.2, 0) is 0 Å². The van der Waals surface area contributed by atoms with Gasteiger partial charge >= 0.3 is 0 Å². The van der Waals surface area contributed by atoms with Crippen LogP contribution in [0.3, 0.4) is 0 Å². The fourth-order valence-corrected chi connectivity index (χ4v) is 2.01. The minimum absolute atomic E-state index is 0.142. The van der Waals surface area contributed by atoms with E-state index in [0.717, 1.165) is 0 Å². The quantitative estimate of drug-likeness (QED) is 0.610. The highest BCUT2D eigenvalue weighted by atomic mass is 16.1. The number of anilines is 2. The minimum atomic E-state index is -0.688. The molecule has 102 valence electrons. The minimum Gasteiger partial charge on any atom is -0.399 e. The van der Waals surface area contributed by atoms with E-state index in [1.165, 1.54) is 12.1 Å². The standard InChI is InChI=1S/C14H14N4O2/c15-8-3-1-7(2-4-8)12-10(13(17)19)5-9(16)6-11(12)14(18)20/h1-6H,15-16H2,(H2,17,19)(H2,18,20). The van der Waals surface area contributed by atoms with Gasteiger partial charge in [0.05, 0.1) is 0 Å². The number of carbonyl (C=O) groups is 2. The molecule has 0 aromatic heterocycles. The monoisotopic (exact) mass is 270 g/mol. The third kappa shape index (κ3) is 2.39. The number of hydrogen-bond acceptors (Lipinski definition) is 4. The third-order valence-corrected chi connectivity index (χ3v) is 2.89. The number of hydrogen-bond donors (Lipinski definition) is 4. The first-order chi connectivity index (χ1) is 9.40. The zero-order valence-electron chi connectivity index (χ0n) is 10.6. The molecular formula is C14H14N4O2. The van der Waals surface area contributed by atoms with Gasteiger partial charge in [-0.3, -0.25) is 9.59 Å². The maximum atomic E-state index is 11.6. The summed E-state index contributed by atoms with van der Waals surface area (Å²) in [4.78, 5) is 23.2. The average Bonchev–Trinajstić information content (AvgIpc) is 2.38. The molecule has 0 saturated heterocycles. The first-order valence-corrected chi connectivity index (χ1v) is 5.79. The van der Waals surface area contributed by atoms with Crippen molar-refractivity contribution in [1.29, 1.82) is 0 Å². The molecule has 0 unspecified atom stereocenters. The van der Waals surface area contributed by atoms with Crippen LogP contribution in [0.1, 0.15) is 20.7 Å². The van der Waals surface area contributed by atoms with E-state index in [9.17, 15) is 9.59 Å². The summed E-state index contributed by atoms with van der Waals surface area (Å²) in [6.07, 6.45) is 0. The fraction of sp³-hybridized carbons (Fsp3) is 0. The molecule has 2 amide bonds. The second-order valence-electron chi connectivity index (χ2n) is 4.34. The van der Waals surface area contributed by atoms with Crippen LogP contribution in [0.2, 0.25) is 0 Å². The molecule has 6 nitrogen and oxygen atoms in total. The predicted octanol–water partition coefficient (Wildman–Crippen LogP) is 0.716. The molecule has 0 atom stereocenters. The Kier molecular flexibility index (Phi) is 3.30. The van der Waals surface area contributed by atoms with E-state index in [1.54, 1.807) is 24.3 Å². The summed E-state index contributed by atoms with van der Waals surface area (Å²) in [5, 5.41) is 0. The van der Waals surface area contributed by atoms with Gasteiger partial charge in [-0.05, 0) is 29.8 Å². The van der Waals surface area contributed by atoms with Gasteiger partial charge in [-0.2, -0.15) is 0 Å². The Balaban J connectivity index is 2.80. The maximum absolute atomic E-state index is 11.6. The van der Waals surface area contributed by atoms with Crippen molar-refractivity contribution in [2.75, 3.05) is 11.5 Å². The smallest absolute Gasteiger partial charge is 0.249 e. The lowest BCUT2D eigenvalue weighted by atomic mass is 9.92. The number of rotatable bonds is 3. The number of nitrogen functional groups attached to an aromatic ring is 2. The Morgan fingerprint density at radius 1 is 0.750 bits per heavy atom. The molecule has 2 aromatic carbocycles. The molecule has 8 N–H and O–H groups in total. The van der Waals surface area contributed by atoms with Crippen molar-refractivity contribution in [2.45, 2.75) is 0 Å². The maximum Gasteiger partial charge on any atom is 0.249 e. The fourth-order valence-electron chi connectivity index (χ4n) is 2.01. The Labute approximate surface area is 115 Å². The zero-order chi connectivity index (χ0) is 14.9. The first kappa shape index (κ1) is 13.4. The molecule has 2 rings (SSSR count). The number of amides is 2. The lowest BCUT2D eigenvalue weighted by Crippen LogP contribution is -2.18. The summed E-state index contributed by atoms with van der Waals surface area (Å²) in [7, 11) is 0. The molecule has 0 aliphatic carbocycles. The Hall–Kier alpha value is -3.02. The molecule has 2 aromatic rings. The van der Waals surface area contributed by atoms with Crippen LogP contribution < -0.4 is 22.9 Å². The van der Waals surface area contributed by atoms with Crippen molar-refractivity contribution in [3.63, 3.8) is 0 Å². The average molecular weight is 270 g/mol. The number of nitrogens with two attached hydrogens (primary N) is 4. The van der Waals surface area contributed by atoms with Crippen LogP contribution in [0, 0.1) is 0 Å². The topological polar surface area (TPSA) is 138 Å². The van der Waals surface area contributed by atoms with Gasteiger partial charge in [0, 0.05) is 28.1 Å². The largest absolute Gasteiger partial charge is 0.399 e. The van der Waals surface area contributed by atoms with Crippen LogP contribution in [-0.4, -0.2) is 11.8 Å². The summed E-state index contributed by atoms with van der Waals surface area (Å²) >= 11 is 0. The zero-order valence-corrected chi connectivity index (χ0v) is 10.6. The van der Waals surface area contributed by atoms with Gasteiger partial charge in [-0.25, -0.2) is 0 Å². The predicted molar refractivity (Wildman–Crippen MR) is 77.7 cm³/mol. The van der Waals surface area contributed by atoms with Gasteiger partial charge in [0.2, 0.25) is 11.8 Å². The van der Waals surface area contributed by atoms with Gasteiger partial charge in [-0.15, -0.1) is 0 Å². The van der Waals surface area contributed by atoms with Crippen molar-refractivity contribution in [1.82, 2.24) is 0 Å². The van der Waals surface area contributed by atoms with E-state index in [-0.39, 0.29) is 16.8 Å². The lowest BCUT2D eigenvalue weighted by molar-refractivity contribution is 0.0999. The Morgan fingerprint density at radius 2 is 1.20 bits per heavy atom. The van der Waals surface area contributed by atoms with Crippen LogP contribution in [0.4, 0.5) is 11.4 Å². The molecule has 0 aliphatic rings. The van der Waals surface area contributed by atoms with Crippen LogP contribution in [0.5, 0.6) is 0 Å². The van der Waals surface area contributed by atoms with Crippen molar-refractivity contribution in [3.05, 3.63) is 47.5 Å². The molecule has 0 heterocycles. The number of carbonyl (C=O) groups excluding carboxylic acids is 2. The van der Waals surface area contributed by atoms with Crippen molar-refractivity contribution in [3.8, 4) is 11.1 Å². The highest BCUT2D eigenvalue weighted by molar-refractivity contribution is 6.09. The van der Waals surface area contributed by atoms with Crippen molar-refractivity contribution >= 4 is 23.2 Å². The van der Waals surface area contributed by atoms with Crippen molar-refractivity contribution in [2.24, 2.45) is 11.5 Å². The SMILES string of the molecule is NC(=O)c1cc(N)cc(C(N)=O)c1-c1ccc(N)cc1. The molecule has 0 aliphatic heterocycles. The highest BCUT2D eigenvalue weighted by Gasteiger charge is 2.18. The second kappa shape index (κ2) is 4.93. The molecular weight excluding hydrogens is 256 g/mol. The van der Waals surface area contributed by atoms with Crippen molar-refractivity contribution < 1.29 is 9.59 Å². The molecule has 6 heteroatoms. The van der Waals surface area contributed by atoms with Crippen LogP contribution in [0.15, 0.2) is 36.4 Å². The molecule has 0 fully saturated rings. The van der Waals surface area contributed by atoms with E-state index < -0.39 is 11.8 Å². The highest BCUT2D eigenvalue weighted by Crippen LogP contribution is 2.30. The number of benzene rings is 2. The van der Waals surface area contributed by atoms with Gasteiger partial charge < -0.3 is 22.9 Å². The van der Waals surface area contributed by atoms with E-state index in [1.807, 2.05) is 0 Å². The van der Waals surface area contributed by atoms with E-state index in [2.05, 4.69) is 0 Å². The van der Waals surface area contributed by atoms with Gasteiger partial charge in [0.1, 0.15) is 0 Å². The lowest BCUT2D eigenvalue weighted by Gasteiger charge is -2.13. The third-order valence-electron chi connectivity index (χ3n) is 2.89. The Morgan fingerprint density at radius 3 is 1.60 bits per heavy atom. The molecule has 20 heavy (non-hydrogen) atoms. The first-order valence-electron chi connectivity index (χ1n) is 5.79. The molecule has 0 spiro atoms. The van der Waals surface area contributed by atoms with Gasteiger partial charge in [-0.1, -0.05) is 12.1 Å². The summed E-state index contributed by atoms with van der Waals surface area (Å²) < 4.78 is 0. The second-order valence-corrected chi connectivity index (χ2v) is 4.34. The molecule has 0 radical (unpaired) electrons. The van der Waals surface area contributed by atoms with Crippen LogP contribution >= 0.6 is 0 Å². The normalized spacial score (nSPS) is 10.2. The van der Waals surface area contributed by atoms with E-state index in [0.29, 0.717) is 16.8 Å². The number of primary amides is 2. The van der Waals surface area contributed by atoms with E-state index >= 15 is 0 Å². The Bertz CT molecular complexity index is 658. The molecule has 0 saturated carbocycles. The summed E-state index contributed by atoms with van der Waals surface area (Å²) in [6.45, 7) is 0. The summed E-state index contributed by atoms with van der Waals surface area (Å²) in [6, 6.07) is 9.50. The van der Waals surface area contributed by atoms with Crippen LogP contribution in [0.25, 0.3) is 11.1 Å².